The Morgan fingerprint density at radius 3 is 2.27 bits per heavy atom. The van der Waals surface area contributed by atoms with Crippen molar-refractivity contribution in [3.8, 4) is 11.5 Å². The van der Waals surface area contributed by atoms with E-state index in [4.69, 9.17) is 0 Å². The van der Waals surface area contributed by atoms with E-state index < -0.39 is 23.1 Å². The third-order valence-electron chi connectivity index (χ3n) is 3.76. The molecule has 0 aromatic heterocycles. The van der Waals surface area contributed by atoms with Crippen molar-refractivity contribution in [1.29, 1.82) is 0 Å². The summed E-state index contributed by atoms with van der Waals surface area (Å²) in [6.07, 6.45) is 0. The number of rotatable bonds is 1. The quantitative estimate of drug-likeness (QED) is 0.673. The minimum Gasteiger partial charge on any atom is -0.507 e. The lowest BCUT2D eigenvalue weighted by molar-refractivity contribution is 0.0972. The van der Waals surface area contributed by atoms with E-state index in [1.807, 2.05) is 0 Å². The van der Waals surface area contributed by atoms with Crippen LogP contribution in [0.4, 0.5) is 0 Å². The number of Topliss-reactive ketones (excluding diaryl/α,β-unsaturated/α-hetero) is 1. The minimum atomic E-state index is -0.664. The van der Waals surface area contributed by atoms with Crippen LogP contribution in [-0.4, -0.2) is 27.6 Å². The molecule has 0 amide bonds. The van der Waals surface area contributed by atoms with Crippen molar-refractivity contribution in [3.63, 3.8) is 0 Å². The highest BCUT2D eigenvalue weighted by Gasteiger charge is 2.35. The molecule has 22 heavy (non-hydrogen) atoms. The van der Waals surface area contributed by atoms with E-state index >= 15 is 0 Å². The normalized spacial score (nSPS) is 12.8. The molecule has 110 valence electrons. The number of aryl methyl sites for hydroxylation is 1. The third-order valence-corrected chi connectivity index (χ3v) is 3.76. The van der Waals surface area contributed by atoms with E-state index in [1.165, 1.54) is 31.2 Å². The second-order valence-electron chi connectivity index (χ2n) is 5.31. The van der Waals surface area contributed by atoms with Crippen molar-refractivity contribution in [3.05, 3.63) is 57.6 Å². The fraction of sp³-hybridized carbons (Fsp3) is 0.118. The molecule has 5 heteroatoms. The van der Waals surface area contributed by atoms with Crippen LogP contribution in [0, 0.1) is 6.92 Å². The summed E-state index contributed by atoms with van der Waals surface area (Å²) in [7, 11) is 0. The van der Waals surface area contributed by atoms with Gasteiger partial charge in [-0.1, -0.05) is 0 Å². The molecule has 1 aliphatic carbocycles. The Morgan fingerprint density at radius 1 is 0.955 bits per heavy atom. The van der Waals surface area contributed by atoms with Gasteiger partial charge in [0.2, 0.25) is 5.78 Å². The maximum atomic E-state index is 12.6. The number of carbonyl (C=O) groups is 3. The van der Waals surface area contributed by atoms with E-state index in [1.54, 1.807) is 6.92 Å². The van der Waals surface area contributed by atoms with Gasteiger partial charge >= 0.3 is 0 Å². The van der Waals surface area contributed by atoms with Gasteiger partial charge < -0.3 is 10.2 Å². The van der Waals surface area contributed by atoms with Gasteiger partial charge in [0.05, 0.1) is 16.7 Å². The molecule has 0 radical (unpaired) electrons. The van der Waals surface area contributed by atoms with Crippen LogP contribution in [0.1, 0.15) is 54.7 Å². The molecular weight excluding hydrogens is 284 g/mol. The Balaban J connectivity index is 2.37. The first-order chi connectivity index (χ1) is 10.3. The standard InChI is InChI=1S/C17H12O5/c1-7-5-11-13(12(19)6-7)17(22)14-10(15(11)20)4-3-9(8(2)18)16(14)21/h3-6,19,21H,1-2H3. The van der Waals surface area contributed by atoms with Crippen molar-refractivity contribution in [2.24, 2.45) is 0 Å². The van der Waals surface area contributed by atoms with Crippen LogP contribution in [0.15, 0.2) is 24.3 Å². The van der Waals surface area contributed by atoms with Crippen LogP contribution < -0.4 is 0 Å². The molecular formula is C17H12O5. The number of aromatic hydroxyl groups is 2. The third kappa shape index (κ3) is 1.75. The van der Waals surface area contributed by atoms with Crippen LogP contribution in [0.5, 0.6) is 11.5 Å². The topological polar surface area (TPSA) is 91.7 Å². The fourth-order valence-corrected chi connectivity index (χ4v) is 2.75. The lowest BCUT2D eigenvalue weighted by Gasteiger charge is -2.20. The van der Waals surface area contributed by atoms with Crippen LogP contribution >= 0.6 is 0 Å². The van der Waals surface area contributed by atoms with Gasteiger partial charge in [-0.25, -0.2) is 0 Å². The number of hydrogen-bond acceptors (Lipinski definition) is 5. The van der Waals surface area contributed by atoms with Crippen molar-refractivity contribution in [2.45, 2.75) is 13.8 Å². The first-order valence-electron chi connectivity index (χ1n) is 6.62. The van der Waals surface area contributed by atoms with Crippen molar-refractivity contribution in [1.82, 2.24) is 0 Å². The Hall–Kier alpha value is -2.95. The van der Waals surface area contributed by atoms with Crippen molar-refractivity contribution in [2.75, 3.05) is 0 Å². The number of hydrogen-bond donors (Lipinski definition) is 2. The number of fused-ring (bicyclic) bond motifs is 2. The zero-order chi connectivity index (χ0) is 16.2. The van der Waals surface area contributed by atoms with Crippen LogP contribution in [0.2, 0.25) is 0 Å². The average Bonchev–Trinajstić information content (AvgIpc) is 2.43. The highest BCUT2D eigenvalue weighted by Crippen LogP contribution is 2.38. The average molecular weight is 296 g/mol. The minimum absolute atomic E-state index is 0.0324. The Morgan fingerprint density at radius 2 is 1.64 bits per heavy atom. The monoisotopic (exact) mass is 296 g/mol. The van der Waals surface area contributed by atoms with E-state index in [0.29, 0.717) is 5.56 Å². The highest BCUT2D eigenvalue weighted by atomic mass is 16.3. The van der Waals surface area contributed by atoms with Gasteiger partial charge in [0.25, 0.3) is 0 Å². The van der Waals surface area contributed by atoms with Gasteiger partial charge in [-0.3, -0.25) is 14.4 Å². The summed E-state index contributed by atoms with van der Waals surface area (Å²) in [5, 5.41) is 20.2. The summed E-state index contributed by atoms with van der Waals surface area (Å²) >= 11 is 0. The molecule has 0 saturated heterocycles. The van der Waals surface area contributed by atoms with Gasteiger partial charge in [0.1, 0.15) is 11.5 Å². The molecule has 2 N–H and O–H groups in total. The molecule has 0 bridgehead atoms. The van der Waals surface area contributed by atoms with Gasteiger partial charge in [-0.05, 0) is 43.7 Å². The van der Waals surface area contributed by atoms with Gasteiger partial charge in [-0.2, -0.15) is 0 Å². The molecule has 2 aromatic rings. The second-order valence-corrected chi connectivity index (χ2v) is 5.31. The first kappa shape index (κ1) is 14.0. The summed E-state index contributed by atoms with van der Waals surface area (Å²) in [5.41, 5.74) is 0.374. The van der Waals surface area contributed by atoms with Crippen LogP contribution in [0.25, 0.3) is 0 Å². The number of benzene rings is 2. The summed E-state index contributed by atoms with van der Waals surface area (Å²) in [4.78, 5) is 36.6. The first-order valence-corrected chi connectivity index (χ1v) is 6.62. The fourth-order valence-electron chi connectivity index (χ4n) is 2.75. The maximum absolute atomic E-state index is 12.6. The smallest absolute Gasteiger partial charge is 0.201 e. The molecule has 5 nitrogen and oxygen atoms in total. The molecule has 0 heterocycles. The summed E-state index contributed by atoms with van der Waals surface area (Å²) in [5.74, 6) is -2.38. The molecule has 0 spiro atoms. The Labute approximate surface area is 125 Å². The van der Waals surface area contributed by atoms with E-state index in [-0.39, 0.29) is 33.6 Å². The van der Waals surface area contributed by atoms with Gasteiger partial charge in [0, 0.05) is 11.1 Å². The number of carbonyl (C=O) groups excluding carboxylic acids is 3. The summed E-state index contributed by atoms with van der Waals surface area (Å²) < 4.78 is 0. The van der Waals surface area contributed by atoms with Crippen molar-refractivity contribution >= 4 is 17.3 Å². The zero-order valence-electron chi connectivity index (χ0n) is 11.9. The summed E-state index contributed by atoms with van der Waals surface area (Å²) in [6, 6.07) is 5.58. The lowest BCUT2D eigenvalue weighted by Crippen LogP contribution is -2.22. The van der Waals surface area contributed by atoms with Crippen LogP contribution in [0.3, 0.4) is 0 Å². The van der Waals surface area contributed by atoms with E-state index in [2.05, 4.69) is 0 Å². The molecule has 0 saturated carbocycles. The molecule has 3 rings (SSSR count). The lowest BCUT2D eigenvalue weighted by atomic mass is 9.81. The maximum Gasteiger partial charge on any atom is 0.201 e. The largest absolute Gasteiger partial charge is 0.507 e. The van der Waals surface area contributed by atoms with E-state index in [0.717, 1.165) is 0 Å². The van der Waals surface area contributed by atoms with Crippen LogP contribution in [-0.2, 0) is 0 Å². The highest BCUT2D eigenvalue weighted by molar-refractivity contribution is 6.30. The zero-order valence-corrected chi connectivity index (χ0v) is 11.9. The molecule has 0 unspecified atom stereocenters. The SMILES string of the molecule is CC(=O)c1ccc2c(c1O)C(=O)c1c(O)cc(C)cc1C2=O. The van der Waals surface area contributed by atoms with E-state index in [9.17, 15) is 24.6 Å². The molecule has 1 aliphatic rings. The molecule has 2 aromatic carbocycles. The molecule has 0 atom stereocenters. The number of ketones is 3. The second kappa shape index (κ2) is 4.53. The predicted molar refractivity (Wildman–Crippen MR) is 77.8 cm³/mol. The Kier molecular flexibility index (Phi) is 2.88. The van der Waals surface area contributed by atoms with Crippen molar-refractivity contribution < 1.29 is 24.6 Å². The molecule has 0 aliphatic heterocycles. The Bertz CT molecular complexity index is 877. The number of phenols is 2. The summed E-state index contributed by atoms with van der Waals surface area (Å²) in [6.45, 7) is 2.95. The molecule has 0 fully saturated rings. The number of phenolic OH excluding ortho intramolecular Hbond substituents is 2. The predicted octanol–water partition coefficient (Wildman–Crippen LogP) is 2.38. The van der Waals surface area contributed by atoms with Gasteiger partial charge in [-0.15, -0.1) is 0 Å². The van der Waals surface area contributed by atoms with Gasteiger partial charge in [0.15, 0.2) is 11.6 Å².